The summed E-state index contributed by atoms with van der Waals surface area (Å²) >= 11 is 8.50. The Balaban J connectivity index is 3.18. The molecule has 0 bridgehead atoms. The lowest BCUT2D eigenvalue weighted by atomic mass is 10.1. The summed E-state index contributed by atoms with van der Waals surface area (Å²) in [6.45, 7) is 0. The first-order valence-electron chi connectivity index (χ1n) is 3.98. The maximum absolute atomic E-state index is 12.0. The lowest BCUT2D eigenvalue weighted by Crippen LogP contribution is -2.19. The summed E-state index contributed by atoms with van der Waals surface area (Å²) in [6, 6.07) is 3.63. The molecule has 88 valence electrons. The van der Waals surface area contributed by atoms with Crippen LogP contribution in [0.5, 0.6) is 5.75 Å². The van der Waals surface area contributed by atoms with Gasteiger partial charge in [-0.3, -0.25) is 4.79 Å². The van der Waals surface area contributed by atoms with Crippen LogP contribution in [0.1, 0.15) is 10.4 Å². The number of carbonyl (C=O) groups excluding carboxylic acids is 1. The number of ketones is 1. The van der Waals surface area contributed by atoms with E-state index < -0.39 is 17.9 Å². The number of rotatable bonds is 3. The largest absolute Gasteiger partial charge is 0.573 e. The third kappa shape index (κ3) is 3.38. The number of hydrogen-bond acceptors (Lipinski definition) is 2. The first-order chi connectivity index (χ1) is 7.35. The normalized spacial score (nSPS) is 11.3. The van der Waals surface area contributed by atoms with Crippen LogP contribution in [0.4, 0.5) is 13.2 Å². The summed E-state index contributed by atoms with van der Waals surface area (Å²) in [4.78, 5) is 11.4. The minimum absolute atomic E-state index is 0.0776. The van der Waals surface area contributed by atoms with Crippen molar-refractivity contribution in [2.24, 2.45) is 0 Å². The van der Waals surface area contributed by atoms with Crippen LogP contribution >= 0.6 is 27.5 Å². The molecule has 0 fully saturated rings. The Labute approximate surface area is 102 Å². The fourth-order valence-electron chi connectivity index (χ4n) is 1.05. The Kier molecular flexibility index (Phi) is 4.21. The summed E-state index contributed by atoms with van der Waals surface area (Å²) in [6.07, 6.45) is -4.86. The van der Waals surface area contributed by atoms with Gasteiger partial charge in [0.15, 0.2) is 5.78 Å². The van der Waals surface area contributed by atoms with Gasteiger partial charge in [0.25, 0.3) is 0 Å². The molecular formula is C9H5BrClF3O2. The maximum atomic E-state index is 12.0. The second kappa shape index (κ2) is 5.05. The van der Waals surface area contributed by atoms with Crippen molar-refractivity contribution in [2.75, 3.05) is 5.33 Å². The van der Waals surface area contributed by atoms with Crippen LogP contribution in [-0.4, -0.2) is 17.5 Å². The van der Waals surface area contributed by atoms with Gasteiger partial charge in [-0.05, 0) is 12.1 Å². The first kappa shape index (κ1) is 13.3. The van der Waals surface area contributed by atoms with E-state index in [-0.39, 0.29) is 15.9 Å². The van der Waals surface area contributed by atoms with Crippen LogP contribution in [-0.2, 0) is 0 Å². The fraction of sp³-hybridized carbons (Fsp3) is 0.222. The van der Waals surface area contributed by atoms with E-state index in [2.05, 4.69) is 20.7 Å². The van der Waals surface area contributed by atoms with Gasteiger partial charge < -0.3 is 4.74 Å². The van der Waals surface area contributed by atoms with Crippen molar-refractivity contribution < 1.29 is 22.7 Å². The highest BCUT2D eigenvalue weighted by Gasteiger charge is 2.33. The zero-order valence-corrected chi connectivity index (χ0v) is 9.99. The molecule has 0 saturated carbocycles. The van der Waals surface area contributed by atoms with E-state index in [4.69, 9.17) is 11.6 Å². The summed E-state index contributed by atoms with van der Waals surface area (Å²) in [5.41, 5.74) is -0.279. The quantitative estimate of drug-likeness (QED) is 0.626. The highest BCUT2D eigenvalue weighted by Crippen LogP contribution is 2.31. The molecule has 1 aromatic rings. The number of ether oxygens (including phenoxy) is 1. The molecule has 1 rings (SSSR count). The molecule has 0 spiro atoms. The molecule has 0 aliphatic carbocycles. The third-order valence-electron chi connectivity index (χ3n) is 1.60. The van der Waals surface area contributed by atoms with Crippen LogP contribution in [0, 0.1) is 0 Å². The lowest BCUT2D eigenvalue weighted by molar-refractivity contribution is -0.274. The second-order valence-corrected chi connectivity index (χ2v) is 3.69. The number of Topliss-reactive ketones (excluding diaryl/α,β-unsaturated/α-hetero) is 1. The smallest absolute Gasteiger partial charge is 0.405 e. The second-order valence-electron chi connectivity index (χ2n) is 2.72. The molecule has 0 aliphatic heterocycles. The minimum Gasteiger partial charge on any atom is -0.405 e. The van der Waals surface area contributed by atoms with Crippen molar-refractivity contribution in [2.45, 2.75) is 6.36 Å². The summed E-state index contributed by atoms with van der Waals surface area (Å²) < 4.78 is 39.8. The molecule has 0 heterocycles. The molecule has 2 nitrogen and oxygen atoms in total. The Morgan fingerprint density at radius 2 is 2.06 bits per heavy atom. The van der Waals surface area contributed by atoms with E-state index in [1.807, 2.05) is 0 Å². The SMILES string of the molecule is O=C(CBr)c1c(Cl)cccc1OC(F)(F)F. The maximum Gasteiger partial charge on any atom is 0.573 e. The van der Waals surface area contributed by atoms with Crippen LogP contribution in [0.2, 0.25) is 5.02 Å². The average molecular weight is 317 g/mol. The van der Waals surface area contributed by atoms with Gasteiger partial charge in [-0.2, -0.15) is 0 Å². The number of alkyl halides is 4. The monoisotopic (exact) mass is 316 g/mol. The minimum atomic E-state index is -4.86. The molecule has 0 unspecified atom stereocenters. The fourth-order valence-corrected chi connectivity index (χ4v) is 1.60. The van der Waals surface area contributed by atoms with E-state index >= 15 is 0 Å². The molecule has 0 aliphatic rings. The molecule has 0 saturated heterocycles. The standard InChI is InChI=1S/C9H5BrClF3O2/c10-4-6(15)8-5(11)2-1-3-7(8)16-9(12,13)14/h1-3H,4H2. The molecule has 0 amide bonds. The van der Waals surface area contributed by atoms with Gasteiger partial charge >= 0.3 is 6.36 Å². The number of hydrogen-bond donors (Lipinski definition) is 0. The Bertz CT molecular complexity index is 406. The van der Waals surface area contributed by atoms with Crippen molar-refractivity contribution in [3.8, 4) is 5.75 Å². The summed E-state index contributed by atoms with van der Waals surface area (Å²) in [7, 11) is 0. The molecule has 1 aromatic carbocycles. The number of halogens is 5. The van der Waals surface area contributed by atoms with Crippen molar-refractivity contribution in [3.63, 3.8) is 0 Å². The van der Waals surface area contributed by atoms with Crippen molar-refractivity contribution >= 4 is 33.3 Å². The van der Waals surface area contributed by atoms with Gasteiger partial charge in [0.1, 0.15) is 5.75 Å². The van der Waals surface area contributed by atoms with Crippen LogP contribution in [0.3, 0.4) is 0 Å². The van der Waals surface area contributed by atoms with Crippen LogP contribution in [0.15, 0.2) is 18.2 Å². The molecular weight excluding hydrogens is 312 g/mol. The molecule has 7 heteroatoms. The Morgan fingerprint density at radius 1 is 1.44 bits per heavy atom. The number of benzene rings is 1. The lowest BCUT2D eigenvalue weighted by Gasteiger charge is -2.12. The van der Waals surface area contributed by atoms with E-state index in [1.165, 1.54) is 12.1 Å². The molecule has 0 atom stereocenters. The van der Waals surface area contributed by atoms with Crippen LogP contribution in [0.25, 0.3) is 0 Å². The van der Waals surface area contributed by atoms with Gasteiger partial charge in [0, 0.05) is 0 Å². The van der Waals surface area contributed by atoms with Gasteiger partial charge in [-0.1, -0.05) is 33.6 Å². The third-order valence-corrected chi connectivity index (χ3v) is 2.43. The topological polar surface area (TPSA) is 26.3 Å². The van der Waals surface area contributed by atoms with E-state index in [0.29, 0.717) is 0 Å². The summed E-state index contributed by atoms with van der Waals surface area (Å²) in [5.74, 6) is -1.17. The van der Waals surface area contributed by atoms with Crippen molar-refractivity contribution in [1.82, 2.24) is 0 Å². The van der Waals surface area contributed by atoms with Gasteiger partial charge in [-0.25, -0.2) is 0 Å². The van der Waals surface area contributed by atoms with Crippen LogP contribution < -0.4 is 4.74 Å². The zero-order chi connectivity index (χ0) is 12.3. The highest BCUT2D eigenvalue weighted by molar-refractivity contribution is 9.09. The zero-order valence-electron chi connectivity index (χ0n) is 7.65. The summed E-state index contributed by atoms with van der Waals surface area (Å²) in [5, 5.41) is -0.212. The number of carbonyl (C=O) groups is 1. The van der Waals surface area contributed by atoms with E-state index in [9.17, 15) is 18.0 Å². The van der Waals surface area contributed by atoms with Crippen molar-refractivity contribution in [3.05, 3.63) is 28.8 Å². The molecule has 0 radical (unpaired) electrons. The highest BCUT2D eigenvalue weighted by atomic mass is 79.9. The molecule has 16 heavy (non-hydrogen) atoms. The van der Waals surface area contributed by atoms with E-state index in [1.54, 1.807) is 0 Å². The molecule has 0 aromatic heterocycles. The van der Waals surface area contributed by atoms with Gasteiger partial charge in [0.2, 0.25) is 0 Å². The average Bonchev–Trinajstić information content (AvgIpc) is 2.14. The predicted octanol–water partition coefficient (Wildman–Crippen LogP) is 3.82. The first-order valence-corrected chi connectivity index (χ1v) is 5.48. The molecule has 0 N–H and O–H groups in total. The predicted molar refractivity (Wildman–Crippen MR) is 56.3 cm³/mol. The Hall–Kier alpha value is -0.750. The van der Waals surface area contributed by atoms with Gasteiger partial charge in [-0.15, -0.1) is 13.2 Å². The van der Waals surface area contributed by atoms with Crippen molar-refractivity contribution in [1.29, 1.82) is 0 Å². The van der Waals surface area contributed by atoms with Gasteiger partial charge in [0.05, 0.1) is 15.9 Å². The Morgan fingerprint density at radius 3 is 2.56 bits per heavy atom. The van der Waals surface area contributed by atoms with E-state index in [0.717, 1.165) is 6.07 Å².